The predicted octanol–water partition coefficient (Wildman–Crippen LogP) is 4.28. The van der Waals surface area contributed by atoms with E-state index in [4.69, 9.17) is 21.1 Å². The molecule has 0 aliphatic rings. The molecule has 0 atom stereocenters. The number of carbonyl (C=O) groups excluding carboxylic acids is 1. The van der Waals surface area contributed by atoms with Crippen LogP contribution in [0.3, 0.4) is 0 Å². The molecule has 5 nitrogen and oxygen atoms in total. The van der Waals surface area contributed by atoms with Gasteiger partial charge in [-0.3, -0.25) is 10.1 Å². The van der Waals surface area contributed by atoms with E-state index in [0.29, 0.717) is 27.2 Å². The van der Waals surface area contributed by atoms with Crippen LogP contribution < -0.4 is 14.8 Å². The minimum absolute atomic E-state index is 0.0930. The van der Waals surface area contributed by atoms with E-state index in [-0.39, 0.29) is 12.5 Å². The molecule has 0 aliphatic carbocycles. The third-order valence-electron chi connectivity index (χ3n) is 3.28. The Kier molecular flexibility index (Phi) is 4.87. The molecule has 0 fully saturated rings. The van der Waals surface area contributed by atoms with Crippen molar-refractivity contribution in [3.05, 3.63) is 47.0 Å². The molecule has 0 spiro atoms. The lowest BCUT2D eigenvalue weighted by molar-refractivity contribution is -0.118. The van der Waals surface area contributed by atoms with Gasteiger partial charge < -0.3 is 9.47 Å². The van der Waals surface area contributed by atoms with Crippen LogP contribution in [-0.2, 0) is 4.79 Å². The van der Waals surface area contributed by atoms with E-state index in [1.807, 2.05) is 31.2 Å². The van der Waals surface area contributed by atoms with E-state index in [9.17, 15) is 4.79 Å². The molecule has 0 saturated carbocycles. The van der Waals surface area contributed by atoms with Crippen molar-refractivity contribution in [3.63, 3.8) is 0 Å². The van der Waals surface area contributed by atoms with Crippen LogP contribution in [0.4, 0.5) is 5.13 Å². The van der Waals surface area contributed by atoms with Gasteiger partial charge in [-0.05, 0) is 36.8 Å². The number of benzene rings is 2. The van der Waals surface area contributed by atoms with Crippen LogP contribution in [0.15, 0.2) is 36.4 Å². The molecule has 2 aromatic carbocycles. The number of halogens is 1. The first-order valence-corrected chi connectivity index (χ1v) is 8.38. The number of hydrogen-bond acceptors (Lipinski definition) is 5. The van der Waals surface area contributed by atoms with Crippen LogP contribution in [0.25, 0.3) is 10.2 Å². The van der Waals surface area contributed by atoms with Gasteiger partial charge in [0.2, 0.25) is 0 Å². The van der Waals surface area contributed by atoms with Crippen molar-refractivity contribution in [2.24, 2.45) is 0 Å². The highest BCUT2D eigenvalue weighted by Crippen LogP contribution is 2.37. The molecule has 0 unspecified atom stereocenters. The Balaban J connectivity index is 1.70. The first-order valence-electron chi connectivity index (χ1n) is 7.19. The van der Waals surface area contributed by atoms with Gasteiger partial charge >= 0.3 is 0 Å². The van der Waals surface area contributed by atoms with Gasteiger partial charge in [0.05, 0.1) is 16.8 Å². The van der Waals surface area contributed by atoms with Gasteiger partial charge in [-0.25, -0.2) is 4.98 Å². The van der Waals surface area contributed by atoms with E-state index in [1.165, 1.54) is 11.3 Å². The Morgan fingerprint density at radius 1 is 1.33 bits per heavy atom. The molecule has 3 aromatic rings. The number of thiazole rings is 1. The lowest BCUT2D eigenvalue weighted by atomic mass is 10.2. The first-order chi connectivity index (χ1) is 11.6. The van der Waals surface area contributed by atoms with Gasteiger partial charge in [0.25, 0.3) is 5.91 Å². The maximum atomic E-state index is 12.1. The molecular weight excluding hydrogens is 348 g/mol. The van der Waals surface area contributed by atoms with Crippen LogP contribution >= 0.6 is 22.9 Å². The molecule has 124 valence electrons. The molecule has 1 aromatic heterocycles. The number of carbonyl (C=O) groups is 1. The zero-order valence-electron chi connectivity index (χ0n) is 13.1. The lowest BCUT2D eigenvalue weighted by Crippen LogP contribution is -2.20. The maximum Gasteiger partial charge on any atom is 0.264 e. The largest absolute Gasteiger partial charge is 0.494 e. The Hall–Kier alpha value is -2.31. The summed E-state index contributed by atoms with van der Waals surface area (Å²) in [6, 6.07) is 11.0. The number of ether oxygens (including phenoxy) is 2. The second-order valence-electron chi connectivity index (χ2n) is 5.10. The number of nitrogens with zero attached hydrogens (tertiary/aromatic N) is 1. The van der Waals surface area contributed by atoms with Gasteiger partial charge in [0.15, 0.2) is 11.7 Å². The number of rotatable bonds is 5. The van der Waals surface area contributed by atoms with Crippen molar-refractivity contribution in [2.75, 3.05) is 19.0 Å². The zero-order valence-corrected chi connectivity index (χ0v) is 14.7. The number of fused-ring (bicyclic) bond motifs is 1. The van der Waals surface area contributed by atoms with Gasteiger partial charge in [-0.15, -0.1) is 0 Å². The lowest BCUT2D eigenvalue weighted by Gasteiger charge is -2.06. The molecule has 0 bridgehead atoms. The third-order valence-corrected chi connectivity index (χ3v) is 4.72. The summed E-state index contributed by atoms with van der Waals surface area (Å²) < 4.78 is 11.5. The van der Waals surface area contributed by atoms with Gasteiger partial charge in [0.1, 0.15) is 17.0 Å². The number of anilines is 1. The van der Waals surface area contributed by atoms with Crippen LogP contribution in [-0.4, -0.2) is 24.6 Å². The average molecular weight is 363 g/mol. The van der Waals surface area contributed by atoms with E-state index >= 15 is 0 Å². The average Bonchev–Trinajstić information content (AvgIpc) is 2.98. The number of nitrogens with one attached hydrogen (secondary N) is 1. The van der Waals surface area contributed by atoms with Crippen LogP contribution in [0.2, 0.25) is 5.02 Å². The van der Waals surface area contributed by atoms with Crippen molar-refractivity contribution in [2.45, 2.75) is 6.92 Å². The van der Waals surface area contributed by atoms with Crippen molar-refractivity contribution in [1.82, 2.24) is 4.98 Å². The number of aryl methyl sites for hydroxylation is 1. The number of methoxy groups -OCH3 is 1. The van der Waals surface area contributed by atoms with E-state index in [1.54, 1.807) is 19.2 Å². The van der Waals surface area contributed by atoms with Crippen LogP contribution in [0.1, 0.15) is 5.56 Å². The van der Waals surface area contributed by atoms with Crippen molar-refractivity contribution in [3.8, 4) is 11.5 Å². The smallest absolute Gasteiger partial charge is 0.264 e. The summed E-state index contributed by atoms with van der Waals surface area (Å²) in [4.78, 5) is 16.4. The standard InChI is InChI=1S/C17H15ClN2O3S/c1-10-4-3-5-11(8-10)23-9-14(21)19-17-20-15-13(22-2)7-6-12(18)16(15)24-17/h3-8H,9H2,1-2H3,(H,19,20,21). The summed E-state index contributed by atoms with van der Waals surface area (Å²) in [5.41, 5.74) is 1.70. The van der Waals surface area contributed by atoms with Crippen molar-refractivity contribution >= 4 is 44.2 Å². The highest BCUT2D eigenvalue weighted by atomic mass is 35.5. The summed E-state index contributed by atoms with van der Waals surface area (Å²) in [7, 11) is 1.57. The summed E-state index contributed by atoms with van der Waals surface area (Å²) in [6.45, 7) is 1.87. The van der Waals surface area contributed by atoms with Crippen LogP contribution in [0.5, 0.6) is 11.5 Å². The number of amides is 1. The van der Waals surface area contributed by atoms with Crippen molar-refractivity contribution in [1.29, 1.82) is 0 Å². The second-order valence-corrected chi connectivity index (χ2v) is 6.51. The van der Waals surface area contributed by atoms with Gasteiger partial charge in [-0.2, -0.15) is 0 Å². The highest BCUT2D eigenvalue weighted by Gasteiger charge is 2.14. The maximum absolute atomic E-state index is 12.1. The minimum atomic E-state index is -0.286. The first kappa shape index (κ1) is 16.5. The quantitative estimate of drug-likeness (QED) is 0.735. The molecule has 1 heterocycles. The molecule has 1 amide bonds. The SMILES string of the molecule is COc1ccc(Cl)c2sc(NC(=O)COc3cccc(C)c3)nc12. The second kappa shape index (κ2) is 7.07. The third kappa shape index (κ3) is 3.60. The normalized spacial score (nSPS) is 10.6. The predicted molar refractivity (Wildman–Crippen MR) is 96.5 cm³/mol. The minimum Gasteiger partial charge on any atom is -0.494 e. The molecule has 0 radical (unpaired) electrons. The molecule has 0 saturated heterocycles. The highest BCUT2D eigenvalue weighted by molar-refractivity contribution is 7.23. The summed E-state index contributed by atoms with van der Waals surface area (Å²) >= 11 is 7.46. The van der Waals surface area contributed by atoms with Crippen molar-refractivity contribution < 1.29 is 14.3 Å². The Bertz CT molecular complexity index is 895. The summed E-state index contributed by atoms with van der Waals surface area (Å²) in [5, 5.41) is 3.75. The van der Waals surface area contributed by atoms with Gasteiger partial charge in [0, 0.05) is 0 Å². The molecule has 24 heavy (non-hydrogen) atoms. The van der Waals surface area contributed by atoms with Gasteiger partial charge in [-0.1, -0.05) is 35.1 Å². The Labute approximate surface area is 148 Å². The molecule has 1 N–H and O–H groups in total. The number of aromatic nitrogens is 1. The number of hydrogen-bond donors (Lipinski definition) is 1. The van der Waals surface area contributed by atoms with E-state index in [0.717, 1.165) is 10.3 Å². The topological polar surface area (TPSA) is 60.5 Å². The Morgan fingerprint density at radius 3 is 2.92 bits per heavy atom. The van der Waals surface area contributed by atoms with Crippen LogP contribution in [0, 0.1) is 6.92 Å². The molecule has 0 aliphatic heterocycles. The summed E-state index contributed by atoms with van der Waals surface area (Å²) in [5.74, 6) is 0.979. The Morgan fingerprint density at radius 2 is 2.17 bits per heavy atom. The molecule has 3 rings (SSSR count). The fourth-order valence-corrected chi connectivity index (χ4v) is 3.35. The fraction of sp³-hybridized carbons (Fsp3) is 0.176. The molecular formula is C17H15ClN2O3S. The molecule has 7 heteroatoms. The zero-order chi connectivity index (χ0) is 17.1. The van der Waals surface area contributed by atoms with E-state index in [2.05, 4.69) is 10.3 Å². The monoisotopic (exact) mass is 362 g/mol. The van der Waals surface area contributed by atoms with E-state index < -0.39 is 0 Å². The fourth-order valence-electron chi connectivity index (χ4n) is 2.18. The summed E-state index contributed by atoms with van der Waals surface area (Å²) in [6.07, 6.45) is 0.